The quantitative estimate of drug-likeness (QED) is 0.0328. The number of carbonyl (C=O) groups excluding carboxylic acids is 2. The first kappa shape index (κ1) is 45.1. The van der Waals surface area contributed by atoms with E-state index in [0.717, 1.165) is 38.5 Å². The summed E-state index contributed by atoms with van der Waals surface area (Å²) in [4.78, 5) is 42.4. The zero-order chi connectivity index (χ0) is 33.2. The average molecular weight is 654 g/mol. The third-order valence-corrected chi connectivity index (χ3v) is 7.74. The van der Waals surface area contributed by atoms with E-state index in [1.165, 1.54) is 96.3 Å². The maximum absolute atomic E-state index is 12.3. The fourth-order valence-electron chi connectivity index (χ4n) is 4.67. The molecule has 0 rings (SSSR count). The molecule has 0 aliphatic heterocycles. The van der Waals surface area contributed by atoms with Gasteiger partial charge in [0.05, 0.1) is 13.2 Å². The number of hydrogen-bond acceptors (Lipinski definition) is 8. The maximum atomic E-state index is 12.3. The predicted octanol–water partition coefficient (Wildman–Crippen LogP) is 7.89. The summed E-state index contributed by atoms with van der Waals surface area (Å²) in [5.74, 6) is -0.879. The molecule has 264 valence electrons. The Hall–Kier alpha value is -1.03. The van der Waals surface area contributed by atoms with E-state index < -0.39 is 32.5 Å². The van der Waals surface area contributed by atoms with Crippen LogP contribution in [0, 0.1) is 0 Å². The molecule has 0 heterocycles. The van der Waals surface area contributed by atoms with Gasteiger partial charge in [-0.25, -0.2) is 4.57 Å². The van der Waals surface area contributed by atoms with E-state index in [-0.39, 0.29) is 26.1 Å². The SMILES string of the molecule is CCCCCCCCCCCCCC(=O)OC[C@H](COP(=O)(O)O)OC(=O)CCCCCCCCCCCCC.NCCO. The summed E-state index contributed by atoms with van der Waals surface area (Å²) in [7, 11) is -4.73. The van der Waals surface area contributed by atoms with Crippen LogP contribution in [0.2, 0.25) is 0 Å². The fraction of sp³-hybridized carbons (Fsp3) is 0.939. The third kappa shape index (κ3) is 39.0. The third-order valence-electron chi connectivity index (χ3n) is 7.25. The molecule has 0 amide bonds. The molecule has 0 saturated carbocycles. The predicted molar refractivity (Wildman–Crippen MR) is 177 cm³/mol. The summed E-state index contributed by atoms with van der Waals surface area (Å²) in [6.07, 6.45) is 25.4. The lowest BCUT2D eigenvalue weighted by atomic mass is 10.1. The van der Waals surface area contributed by atoms with Crippen LogP contribution < -0.4 is 5.73 Å². The Morgan fingerprint density at radius 3 is 1.30 bits per heavy atom. The highest BCUT2D eigenvalue weighted by atomic mass is 31.2. The summed E-state index contributed by atoms with van der Waals surface area (Å²) in [5.41, 5.74) is 4.78. The summed E-state index contributed by atoms with van der Waals surface area (Å²) < 4.78 is 26.1. The van der Waals surface area contributed by atoms with Gasteiger partial charge >= 0.3 is 19.8 Å². The van der Waals surface area contributed by atoms with E-state index in [1.54, 1.807) is 0 Å². The van der Waals surface area contributed by atoms with Crippen LogP contribution in [0.3, 0.4) is 0 Å². The Kier molecular flexibility index (Phi) is 35.7. The largest absolute Gasteiger partial charge is 0.469 e. The van der Waals surface area contributed by atoms with Crippen molar-refractivity contribution in [3.8, 4) is 0 Å². The number of nitrogens with two attached hydrogens (primary N) is 1. The lowest BCUT2D eigenvalue weighted by molar-refractivity contribution is -0.161. The van der Waals surface area contributed by atoms with E-state index >= 15 is 0 Å². The Labute approximate surface area is 268 Å². The van der Waals surface area contributed by atoms with Crippen molar-refractivity contribution in [2.24, 2.45) is 5.73 Å². The zero-order valence-electron chi connectivity index (χ0n) is 28.2. The topological polar surface area (TPSA) is 166 Å². The molecule has 0 aliphatic rings. The van der Waals surface area contributed by atoms with Crippen molar-refractivity contribution in [1.82, 2.24) is 0 Å². The lowest BCUT2D eigenvalue weighted by Crippen LogP contribution is -2.29. The monoisotopic (exact) mass is 653 g/mol. The van der Waals surface area contributed by atoms with Gasteiger partial charge in [0.2, 0.25) is 0 Å². The van der Waals surface area contributed by atoms with Crippen molar-refractivity contribution >= 4 is 19.8 Å². The Morgan fingerprint density at radius 2 is 0.955 bits per heavy atom. The first-order valence-electron chi connectivity index (χ1n) is 17.6. The molecule has 0 spiro atoms. The van der Waals surface area contributed by atoms with Crippen LogP contribution in [0.4, 0.5) is 0 Å². The van der Waals surface area contributed by atoms with Gasteiger partial charge in [0.25, 0.3) is 0 Å². The van der Waals surface area contributed by atoms with Gasteiger partial charge in [-0.3, -0.25) is 14.1 Å². The van der Waals surface area contributed by atoms with Gasteiger partial charge in [-0.15, -0.1) is 0 Å². The van der Waals surface area contributed by atoms with Crippen LogP contribution in [0.25, 0.3) is 0 Å². The van der Waals surface area contributed by atoms with Gasteiger partial charge in [-0.2, -0.15) is 0 Å². The van der Waals surface area contributed by atoms with Crippen LogP contribution in [0.5, 0.6) is 0 Å². The standard InChI is InChI=1S/C31H61O8P.C2H7NO/c1-3-5-7-9-11-13-15-17-19-21-23-25-30(32)37-27-29(28-38-40(34,35)36)39-31(33)26-24-22-20-18-16-14-12-10-8-6-4-2;3-1-2-4/h29H,3-28H2,1-2H3,(H2,34,35,36);4H,1-3H2/t29-;/m1./s1. The number of aliphatic hydroxyl groups is 1. The minimum atomic E-state index is -4.73. The van der Waals surface area contributed by atoms with Crippen LogP contribution in [-0.2, 0) is 28.2 Å². The minimum Gasteiger partial charge on any atom is -0.462 e. The molecular formula is C33H68NO9P. The molecule has 0 saturated heterocycles. The van der Waals surface area contributed by atoms with E-state index in [1.807, 2.05) is 0 Å². The molecule has 11 heteroatoms. The molecule has 10 nitrogen and oxygen atoms in total. The summed E-state index contributed by atoms with van der Waals surface area (Å²) in [5, 5.41) is 7.75. The van der Waals surface area contributed by atoms with Gasteiger partial charge in [0.1, 0.15) is 6.61 Å². The fourth-order valence-corrected chi connectivity index (χ4v) is 5.03. The highest BCUT2D eigenvalue weighted by Crippen LogP contribution is 2.36. The molecule has 5 N–H and O–H groups in total. The maximum Gasteiger partial charge on any atom is 0.469 e. The molecule has 1 atom stereocenters. The van der Waals surface area contributed by atoms with E-state index in [4.69, 9.17) is 30.1 Å². The zero-order valence-corrected chi connectivity index (χ0v) is 29.1. The Bertz CT molecular complexity index is 674. The minimum absolute atomic E-state index is 0.0972. The molecule has 0 aliphatic carbocycles. The van der Waals surface area contributed by atoms with Crippen molar-refractivity contribution in [2.45, 2.75) is 174 Å². The molecule has 0 radical (unpaired) electrons. The average Bonchev–Trinajstić information content (AvgIpc) is 2.99. The van der Waals surface area contributed by atoms with Crippen molar-refractivity contribution in [2.75, 3.05) is 26.4 Å². The van der Waals surface area contributed by atoms with Crippen LogP contribution in [0.1, 0.15) is 168 Å². The Morgan fingerprint density at radius 1 is 0.614 bits per heavy atom. The first-order valence-corrected chi connectivity index (χ1v) is 19.1. The van der Waals surface area contributed by atoms with Gasteiger partial charge in [0.15, 0.2) is 6.10 Å². The van der Waals surface area contributed by atoms with E-state index in [9.17, 15) is 14.2 Å². The molecule has 0 fully saturated rings. The number of phosphoric acid groups is 1. The number of esters is 2. The van der Waals surface area contributed by atoms with Crippen LogP contribution in [-0.4, -0.2) is 59.3 Å². The van der Waals surface area contributed by atoms with Gasteiger partial charge in [0, 0.05) is 19.4 Å². The molecule has 0 aromatic heterocycles. The van der Waals surface area contributed by atoms with Crippen molar-refractivity contribution in [3.05, 3.63) is 0 Å². The number of ether oxygens (including phenoxy) is 2. The van der Waals surface area contributed by atoms with Crippen molar-refractivity contribution in [1.29, 1.82) is 0 Å². The summed E-state index contributed by atoms with van der Waals surface area (Å²) in [6, 6.07) is 0. The van der Waals surface area contributed by atoms with Crippen molar-refractivity contribution in [3.63, 3.8) is 0 Å². The van der Waals surface area contributed by atoms with Gasteiger partial charge in [-0.1, -0.05) is 142 Å². The second-order valence-electron chi connectivity index (χ2n) is 11.7. The van der Waals surface area contributed by atoms with Crippen LogP contribution in [0.15, 0.2) is 0 Å². The Balaban J connectivity index is 0. The van der Waals surface area contributed by atoms with E-state index in [0.29, 0.717) is 13.0 Å². The number of carbonyl (C=O) groups is 2. The van der Waals surface area contributed by atoms with Crippen LogP contribution >= 0.6 is 7.82 Å². The van der Waals surface area contributed by atoms with Gasteiger partial charge < -0.3 is 30.1 Å². The molecule has 0 aromatic carbocycles. The second kappa shape index (κ2) is 34.8. The normalized spacial score (nSPS) is 12.0. The number of aliphatic hydroxyl groups excluding tert-OH is 1. The second-order valence-corrected chi connectivity index (χ2v) is 12.9. The lowest BCUT2D eigenvalue weighted by Gasteiger charge is -2.18. The van der Waals surface area contributed by atoms with Crippen molar-refractivity contribution < 1.29 is 43.0 Å². The molecular weight excluding hydrogens is 585 g/mol. The number of hydrogen-bond donors (Lipinski definition) is 4. The molecule has 44 heavy (non-hydrogen) atoms. The number of rotatable bonds is 31. The molecule has 0 unspecified atom stereocenters. The van der Waals surface area contributed by atoms with Gasteiger partial charge in [-0.05, 0) is 12.8 Å². The summed E-state index contributed by atoms with van der Waals surface area (Å²) in [6.45, 7) is 4.12. The highest BCUT2D eigenvalue weighted by Gasteiger charge is 2.22. The molecule has 0 bridgehead atoms. The van der Waals surface area contributed by atoms with E-state index in [2.05, 4.69) is 18.4 Å². The first-order chi connectivity index (χ1) is 21.2. The number of phosphoric ester groups is 1. The molecule has 0 aromatic rings. The smallest absolute Gasteiger partial charge is 0.462 e. The highest BCUT2D eigenvalue weighted by molar-refractivity contribution is 7.46. The summed E-state index contributed by atoms with van der Waals surface area (Å²) >= 11 is 0. The number of unbranched alkanes of at least 4 members (excludes halogenated alkanes) is 20.